The number of nitrogens with one attached hydrogen (secondary N) is 1. The van der Waals surface area contributed by atoms with Crippen LogP contribution in [0.5, 0.6) is 0 Å². The summed E-state index contributed by atoms with van der Waals surface area (Å²) in [6.45, 7) is 4.84. The molecule has 3 aliphatic rings. The van der Waals surface area contributed by atoms with Crippen LogP contribution in [0.3, 0.4) is 0 Å². The van der Waals surface area contributed by atoms with Crippen molar-refractivity contribution in [2.75, 3.05) is 29.6 Å². The van der Waals surface area contributed by atoms with E-state index in [-0.39, 0.29) is 48.0 Å². The number of aromatic nitrogens is 2. The topological polar surface area (TPSA) is 92.0 Å². The van der Waals surface area contributed by atoms with Crippen LogP contribution in [0.2, 0.25) is 0 Å². The highest BCUT2D eigenvalue weighted by molar-refractivity contribution is 5.80. The van der Waals surface area contributed by atoms with Crippen LogP contribution in [0.25, 0.3) is 0 Å². The zero-order valence-corrected chi connectivity index (χ0v) is 23.7. The number of hydrogen-bond acceptors (Lipinski definition) is 8. The first-order chi connectivity index (χ1) is 20.1. The van der Waals surface area contributed by atoms with Crippen molar-refractivity contribution in [1.29, 1.82) is 0 Å². The Morgan fingerprint density at radius 1 is 1.12 bits per heavy atom. The molecule has 0 saturated carbocycles. The van der Waals surface area contributed by atoms with Crippen LogP contribution in [-0.2, 0) is 35.9 Å². The summed E-state index contributed by atoms with van der Waals surface area (Å²) in [7, 11) is 1.25. The number of anilines is 2. The summed E-state index contributed by atoms with van der Waals surface area (Å²) >= 11 is 0. The molecule has 16 heteroatoms. The van der Waals surface area contributed by atoms with Gasteiger partial charge in [-0.15, -0.1) is 5.06 Å². The van der Waals surface area contributed by atoms with Gasteiger partial charge in [0.25, 0.3) is 5.56 Å². The number of benzene rings is 1. The second kappa shape index (κ2) is 11.2. The number of fused-ring (bicyclic) bond motifs is 2. The van der Waals surface area contributed by atoms with E-state index in [4.69, 9.17) is 4.84 Å². The van der Waals surface area contributed by atoms with Gasteiger partial charge in [-0.25, -0.2) is 9.59 Å². The van der Waals surface area contributed by atoms with E-state index < -0.39 is 41.4 Å². The van der Waals surface area contributed by atoms with E-state index >= 15 is 0 Å². The Bertz CT molecular complexity index is 1500. The molecular weight excluding hydrogens is 586 g/mol. The molecule has 1 N–H and O–H groups in total. The molecule has 43 heavy (non-hydrogen) atoms. The standard InChI is InChI=1S/C27H32F6N6O4/c1-15(2)7-9-37-22(40)20-21(35(3)25(37)42)39(43-23(41)27(31,32)33)24(36-10-8-17-12-34-13-19(17)36)38(20)14-16-5-4-6-18(11-16)26(28,29)30/h4-6,11,15,17,19,24,34H,7-10,12-14H2,1-3H3. The summed E-state index contributed by atoms with van der Waals surface area (Å²) in [5, 5.41) is 3.84. The number of hydroxylamine groups is 1. The molecule has 2 saturated heterocycles. The van der Waals surface area contributed by atoms with Crippen molar-refractivity contribution in [2.24, 2.45) is 18.9 Å². The van der Waals surface area contributed by atoms with Crippen LogP contribution in [-0.4, -0.2) is 58.1 Å². The minimum Gasteiger partial charge on any atom is -0.327 e. The van der Waals surface area contributed by atoms with Crippen molar-refractivity contribution in [2.45, 2.75) is 64.5 Å². The largest absolute Gasteiger partial charge is 0.493 e. The van der Waals surface area contributed by atoms with Crippen LogP contribution < -0.4 is 26.5 Å². The van der Waals surface area contributed by atoms with E-state index in [1.807, 2.05) is 13.8 Å². The van der Waals surface area contributed by atoms with Gasteiger partial charge in [-0.1, -0.05) is 26.0 Å². The Hall–Kier alpha value is -3.53. The summed E-state index contributed by atoms with van der Waals surface area (Å²) in [5.74, 6) is -2.76. The molecule has 1 aromatic carbocycles. The Morgan fingerprint density at radius 3 is 2.49 bits per heavy atom. The van der Waals surface area contributed by atoms with E-state index in [2.05, 4.69) is 5.32 Å². The Labute approximate surface area is 242 Å². The maximum absolute atomic E-state index is 14.0. The zero-order valence-electron chi connectivity index (χ0n) is 23.7. The fourth-order valence-electron chi connectivity index (χ4n) is 6.10. The fourth-order valence-corrected chi connectivity index (χ4v) is 6.10. The molecule has 236 valence electrons. The number of carbonyl (C=O) groups is 1. The van der Waals surface area contributed by atoms with Crippen molar-refractivity contribution < 1.29 is 36.0 Å². The lowest BCUT2D eigenvalue weighted by Gasteiger charge is -2.39. The first-order valence-electron chi connectivity index (χ1n) is 13.9. The lowest BCUT2D eigenvalue weighted by atomic mass is 10.1. The Kier molecular flexibility index (Phi) is 8.05. The molecule has 5 rings (SSSR count). The molecule has 0 radical (unpaired) electrons. The van der Waals surface area contributed by atoms with Gasteiger partial charge >= 0.3 is 24.0 Å². The molecule has 0 bridgehead atoms. The van der Waals surface area contributed by atoms with E-state index in [0.717, 1.165) is 21.3 Å². The lowest BCUT2D eigenvalue weighted by Crippen LogP contribution is -2.58. The van der Waals surface area contributed by atoms with Crippen LogP contribution in [0.4, 0.5) is 37.8 Å². The van der Waals surface area contributed by atoms with Gasteiger partial charge in [0.05, 0.1) is 5.56 Å². The number of carbonyl (C=O) groups excluding carboxylic acids is 1. The highest BCUT2D eigenvalue weighted by atomic mass is 19.4. The van der Waals surface area contributed by atoms with Gasteiger partial charge in [-0.05, 0) is 48.9 Å². The molecule has 2 aromatic rings. The summed E-state index contributed by atoms with van der Waals surface area (Å²) in [6, 6.07) is 4.13. The molecule has 3 atom stereocenters. The molecular formula is C27H32F6N6O4. The average Bonchev–Trinajstić information content (AvgIpc) is 3.61. The van der Waals surface area contributed by atoms with Crippen LogP contribution in [0.15, 0.2) is 33.9 Å². The van der Waals surface area contributed by atoms with Gasteiger partial charge < -0.3 is 15.1 Å². The molecule has 4 heterocycles. The van der Waals surface area contributed by atoms with Gasteiger partial charge in [-0.3, -0.25) is 18.8 Å². The number of halogens is 6. The van der Waals surface area contributed by atoms with Crippen LogP contribution >= 0.6 is 0 Å². The van der Waals surface area contributed by atoms with Crippen molar-refractivity contribution in [3.8, 4) is 0 Å². The van der Waals surface area contributed by atoms with Gasteiger partial charge in [0, 0.05) is 39.3 Å². The number of alkyl halides is 6. The predicted octanol–water partition coefficient (Wildman–Crippen LogP) is 3.04. The SMILES string of the molecule is CC(C)CCn1c(=O)c2c(n(C)c1=O)N(OC(=O)C(F)(F)F)C(N1CCC3CNCC31)N2Cc1cccc(C(F)(F)F)c1. The third-order valence-electron chi connectivity index (χ3n) is 8.21. The molecule has 1 aromatic heterocycles. The van der Waals surface area contributed by atoms with Crippen molar-refractivity contribution in [1.82, 2.24) is 19.4 Å². The maximum atomic E-state index is 14.0. The second-order valence-corrected chi connectivity index (χ2v) is 11.5. The highest BCUT2D eigenvalue weighted by Gasteiger charge is 2.54. The normalized spacial score (nSPS) is 22.4. The third kappa shape index (κ3) is 5.73. The van der Waals surface area contributed by atoms with Crippen LogP contribution in [0.1, 0.15) is 37.8 Å². The van der Waals surface area contributed by atoms with Gasteiger partial charge in [0.1, 0.15) is 0 Å². The predicted molar refractivity (Wildman–Crippen MR) is 143 cm³/mol. The third-order valence-corrected chi connectivity index (χ3v) is 8.21. The van der Waals surface area contributed by atoms with E-state index in [1.54, 1.807) is 4.90 Å². The van der Waals surface area contributed by atoms with Crippen molar-refractivity contribution in [3.63, 3.8) is 0 Å². The molecule has 0 spiro atoms. The highest BCUT2D eigenvalue weighted by Crippen LogP contribution is 2.43. The Morgan fingerprint density at radius 2 is 1.84 bits per heavy atom. The summed E-state index contributed by atoms with van der Waals surface area (Å²) in [6.07, 6.45) is -10.4. The number of nitrogens with zero attached hydrogens (tertiary/aromatic N) is 5. The van der Waals surface area contributed by atoms with Crippen molar-refractivity contribution in [3.05, 3.63) is 56.2 Å². The summed E-state index contributed by atoms with van der Waals surface area (Å²) in [4.78, 5) is 47.7. The monoisotopic (exact) mass is 618 g/mol. The quantitative estimate of drug-likeness (QED) is 0.474. The molecule has 0 amide bonds. The smallest absolute Gasteiger partial charge is 0.327 e. The minimum atomic E-state index is -5.41. The first-order valence-corrected chi connectivity index (χ1v) is 13.9. The fraction of sp³-hybridized carbons (Fsp3) is 0.593. The summed E-state index contributed by atoms with van der Waals surface area (Å²) < 4.78 is 83.2. The molecule has 10 nitrogen and oxygen atoms in total. The lowest BCUT2D eigenvalue weighted by molar-refractivity contribution is -0.203. The van der Waals surface area contributed by atoms with Gasteiger partial charge in [-0.2, -0.15) is 26.3 Å². The van der Waals surface area contributed by atoms with Crippen LogP contribution in [0, 0.1) is 11.8 Å². The summed E-state index contributed by atoms with van der Waals surface area (Å²) in [5.41, 5.74) is -2.77. The first kappa shape index (κ1) is 30.9. The second-order valence-electron chi connectivity index (χ2n) is 11.5. The average molecular weight is 619 g/mol. The van der Waals surface area contributed by atoms with Gasteiger partial charge in [0.2, 0.25) is 0 Å². The molecule has 0 aliphatic carbocycles. The number of rotatable bonds is 7. The number of hydrogen-bond donors (Lipinski definition) is 1. The minimum absolute atomic E-state index is 0.000803. The molecule has 3 unspecified atom stereocenters. The van der Waals surface area contributed by atoms with E-state index in [1.165, 1.54) is 24.1 Å². The van der Waals surface area contributed by atoms with E-state index in [0.29, 0.717) is 37.5 Å². The maximum Gasteiger partial charge on any atom is 0.493 e. The Balaban J connectivity index is 1.71. The van der Waals surface area contributed by atoms with E-state index in [9.17, 15) is 40.7 Å². The van der Waals surface area contributed by atoms with Crippen molar-refractivity contribution >= 4 is 17.5 Å². The number of likely N-dealkylation sites (tertiary alicyclic amines) is 1. The zero-order chi connectivity index (χ0) is 31.4. The van der Waals surface area contributed by atoms with Gasteiger partial charge in [0.15, 0.2) is 17.8 Å². The molecule has 2 fully saturated rings. The molecule has 3 aliphatic heterocycles.